The van der Waals surface area contributed by atoms with Crippen LogP contribution < -0.4 is 10.5 Å². The summed E-state index contributed by atoms with van der Waals surface area (Å²) in [4.78, 5) is 4.73. The van der Waals surface area contributed by atoms with Gasteiger partial charge in [-0.25, -0.2) is 0 Å². The van der Waals surface area contributed by atoms with E-state index in [2.05, 4.69) is 16.8 Å². The van der Waals surface area contributed by atoms with Crippen molar-refractivity contribution in [1.82, 2.24) is 9.80 Å². The minimum absolute atomic E-state index is 0.184. The van der Waals surface area contributed by atoms with Gasteiger partial charge >= 0.3 is 0 Å². The second kappa shape index (κ2) is 6.92. The Hall–Kier alpha value is -1.30. The summed E-state index contributed by atoms with van der Waals surface area (Å²) < 4.78 is 5.46. The molecule has 0 spiro atoms. The van der Waals surface area contributed by atoms with Gasteiger partial charge in [0.25, 0.3) is 0 Å². The van der Waals surface area contributed by atoms with Crippen LogP contribution in [-0.2, 0) is 0 Å². The van der Waals surface area contributed by atoms with Gasteiger partial charge in [0.05, 0.1) is 6.61 Å². The maximum atomic E-state index is 9.79. The molecular weight excluding hydrogens is 254 g/mol. The summed E-state index contributed by atoms with van der Waals surface area (Å²) in [6.45, 7) is 7.18. The highest BCUT2D eigenvalue weighted by Crippen LogP contribution is 2.31. The Balaban J connectivity index is 2.16. The molecule has 3 N–H and O–H groups in total. The summed E-state index contributed by atoms with van der Waals surface area (Å²) in [5.41, 5.74) is 7.08. The van der Waals surface area contributed by atoms with Gasteiger partial charge in [0.1, 0.15) is 0 Å². The van der Waals surface area contributed by atoms with Gasteiger partial charge in [0.15, 0.2) is 11.5 Å². The van der Waals surface area contributed by atoms with Crippen molar-refractivity contribution in [3.05, 3.63) is 23.8 Å². The molecule has 5 nitrogen and oxygen atoms in total. The fourth-order valence-electron chi connectivity index (χ4n) is 2.64. The number of phenols is 1. The Morgan fingerprint density at radius 3 is 2.60 bits per heavy atom. The number of ether oxygens (including phenoxy) is 1. The molecule has 1 fully saturated rings. The van der Waals surface area contributed by atoms with Crippen molar-refractivity contribution in [3.63, 3.8) is 0 Å². The summed E-state index contributed by atoms with van der Waals surface area (Å²) in [6.07, 6.45) is 0. The van der Waals surface area contributed by atoms with Crippen molar-refractivity contribution in [1.29, 1.82) is 0 Å². The average Bonchev–Trinajstić information content (AvgIpc) is 2.45. The van der Waals surface area contributed by atoms with Gasteiger partial charge in [0.2, 0.25) is 0 Å². The zero-order chi connectivity index (χ0) is 14.5. The van der Waals surface area contributed by atoms with Gasteiger partial charge in [-0.15, -0.1) is 0 Å². The number of phenolic OH excluding ortho intramolecular Hbond substituents is 1. The van der Waals surface area contributed by atoms with E-state index in [1.54, 1.807) is 6.07 Å². The molecule has 1 heterocycles. The third-order valence-corrected chi connectivity index (χ3v) is 3.87. The number of piperazine rings is 1. The highest BCUT2D eigenvalue weighted by molar-refractivity contribution is 5.43. The monoisotopic (exact) mass is 279 g/mol. The van der Waals surface area contributed by atoms with Gasteiger partial charge in [-0.2, -0.15) is 0 Å². The average molecular weight is 279 g/mol. The fraction of sp³-hybridized carbons (Fsp3) is 0.600. The number of aromatic hydroxyl groups is 1. The standard InChI is InChI=1S/C15H25N3O2/c1-3-20-15-10-12(4-5-14(15)19)13(11-16)18-8-6-17(2)7-9-18/h4-5,10,13,19H,3,6-9,11,16H2,1-2H3. The van der Waals surface area contributed by atoms with Crippen LogP contribution in [0.15, 0.2) is 18.2 Å². The molecule has 1 aromatic carbocycles. The van der Waals surface area contributed by atoms with Crippen LogP contribution in [0.3, 0.4) is 0 Å². The number of nitrogens with two attached hydrogens (primary N) is 1. The first kappa shape index (κ1) is 15.1. The van der Waals surface area contributed by atoms with Gasteiger partial charge in [0, 0.05) is 38.8 Å². The van der Waals surface area contributed by atoms with E-state index < -0.39 is 0 Å². The lowest BCUT2D eigenvalue weighted by molar-refractivity contribution is 0.114. The van der Waals surface area contributed by atoms with Crippen molar-refractivity contribution in [2.24, 2.45) is 5.73 Å². The summed E-state index contributed by atoms with van der Waals surface area (Å²) in [6, 6.07) is 5.73. The lowest BCUT2D eigenvalue weighted by Gasteiger charge is -2.37. The van der Waals surface area contributed by atoms with Gasteiger partial charge in [-0.1, -0.05) is 6.07 Å². The van der Waals surface area contributed by atoms with Crippen LogP contribution in [0.1, 0.15) is 18.5 Å². The van der Waals surface area contributed by atoms with E-state index in [0.29, 0.717) is 18.9 Å². The SMILES string of the molecule is CCOc1cc(C(CN)N2CCN(C)CC2)ccc1O. The highest BCUT2D eigenvalue weighted by Gasteiger charge is 2.23. The Bertz CT molecular complexity index is 431. The lowest BCUT2D eigenvalue weighted by atomic mass is 10.0. The molecule has 0 aliphatic carbocycles. The van der Waals surface area contributed by atoms with E-state index in [4.69, 9.17) is 10.5 Å². The molecule has 1 aliphatic rings. The van der Waals surface area contributed by atoms with Crippen LogP contribution in [0.25, 0.3) is 0 Å². The van der Waals surface area contributed by atoms with Crippen molar-refractivity contribution in [3.8, 4) is 11.5 Å². The predicted molar refractivity (Wildman–Crippen MR) is 80.1 cm³/mol. The van der Waals surface area contributed by atoms with Crippen LogP contribution in [-0.4, -0.2) is 61.3 Å². The smallest absolute Gasteiger partial charge is 0.161 e. The quantitative estimate of drug-likeness (QED) is 0.843. The number of likely N-dealkylation sites (N-methyl/N-ethyl adjacent to an activating group) is 1. The lowest BCUT2D eigenvalue weighted by Crippen LogP contribution is -2.47. The summed E-state index contributed by atoms with van der Waals surface area (Å²) in [7, 11) is 2.14. The molecule has 0 amide bonds. The van der Waals surface area contributed by atoms with Crippen molar-refractivity contribution < 1.29 is 9.84 Å². The number of benzene rings is 1. The zero-order valence-electron chi connectivity index (χ0n) is 12.4. The van der Waals surface area contributed by atoms with Gasteiger partial charge in [-0.05, 0) is 31.7 Å². The third-order valence-electron chi connectivity index (χ3n) is 3.87. The Morgan fingerprint density at radius 2 is 2.00 bits per heavy atom. The third kappa shape index (κ3) is 3.42. The molecule has 0 aromatic heterocycles. The number of nitrogens with zero attached hydrogens (tertiary/aromatic N) is 2. The largest absolute Gasteiger partial charge is 0.504 e. The summed E-state index contributed by atoms with van der Waals surface area (Å²) in [5.74, 6) is 0.724. The molecule has 0 bridgehead atoms. The predicted octanol–water partition coefficient (Wildman–Crippen LogP) is 1.04. The molecule has 1 unspecified atom stereocenters. The molecule has 5 heteroatoms. The molecule has 1 saturated heterocycles. The Labute approximate surface area is 120 Å². The van der Waals surface area contributed by atoms with Crippen molar-refractivity contribution in [2.45, 2.75) is 13.0 Å². The summed E-state index contributed by atoms with van der Waals surface area (Å²) >= 11 is 0. The van der Waals surface area contributed by atoms with Crippen LogP contribution in [0.4, 0.5) is 0 Å². The van der Waals surface area contributed by atoms with E-state index in [1.165, 1.54) is 0 Å². The first-order valence-corrected chi connectivity index (χ1v) is 7.24. The number of rotatable bonds is 5. The first-order valence-electron chi connectivity index (χ1n) is 7.24. The summed E-state index contributed by atoms with van der Waals surface area (Å²) in [5, 5.41) is 9.79. The van der Waals surface area contributed by atoms with Crippen LogP contribution in [0.2, 0.25) is 0 Å². The van der Waals surface area contributed by atoms with E-state index >= 15 is 0 Å². The van der Waals surface area contributed by atoms with Crippen LogP contribution in [0.5, 0.6) is 11.5 Å². The molecule has 1 aromatic rings. The molecule has 1 aliphatic heterocycles. The number of hydrogen-bond acceptors (Lipinski definition) is 5. The van der Waals surface area contributed by atoms with Crippen molar-refractivity contribution >= 4 is 0 Å². The molecule has 0 saturated carbocycles. The van der Waals surface area contributed by atoms with Crippen LogP contribution in [0, 0.1) is 0 Å². The Kier molecular flexibility index (Phi) is 5.23. The number of hydrogen-bond donors (Lipinski definition) is 2. The van der Waals surface area contributed by atoms with Crippen molar-refractivity contribution in [2.75, 3.05) is 46.4 Å². The van der Waals surface area contributed by atoms with E-state index in [9.17, 15) is 5.11 Å². The molecule has 112 valence electrons. The second-order valence-corrected chi connectivity index (χ2v) is 5.25. The highest BCUT2D eigenvalue weighted by atomic mass is 16.5. The molecule has 20 heavy (non-hydrogen) atoms. The molecule has 1 atom stereocenters. The van der Waals surface area contributed by atoms with Gasteiger partial charge in [-0.3, -0.25) is 4.90 Å². The first-order chi connectivity index (χ1) is 9.65. The topological polar surface area (TPSA) is 62.0 Å². The van der Waals surface area contributed by atoms with E-state index in [1.807, 2.05) is 19.1 Å². The maximum absolute atomic E-state index is 9.79. The normalized spacial score (nSPS) is 18.9. The minimum atomic E-state index is 0.184. The fourth-order valence-corrected chi connectivity index (χ4v) is 2.64. The van der Waals surface area contributed by atoms with Crippen LogP contribution >= 0.6 is 0 Å². The molecule has 2 rings (SSSR count). The minimum Gasteiger partial charge on any atom is -0.504 e. The zero-order valence-corrected chi connectivity index (χ0v) is 12.4. The maximum Gasteiger partial charge on any atom is 0.161 e. The van der Waals surface area contributed by atoms with E-state index in [0.717, 1.165) is 31.7 Å². The van der Waals surface area contributed by atoms with E-state index in [-0.39, 0.29) is 11.8 Å². The van der Waals surface area contributed by atoms with Gasteiger partial charge < -0.3 is 20.5 Å². The molecule has 0 radical (unpaired) electrons. The Morgan fingerprint density at radius 1 is 1.30 bits per heavy atom. The molecular formula is C15H25N3O2. The second-order valence-electron chi connectivity index (χ2n) is 5.25.